The summed E-state index contributed by atoms with van der Waals surface area (Å²) in [6, 6.07) is -0.0716. The maximum Gasteiger partial charge on any atom is 0.220 e. The number of carbonyl (C=O) groups is 3. The third kappa shape index (κ3) is 15.1. The fourth-order valence-electron chi connectivity index (χ4n) is 4.94. The van der Waals surface area contributed by atoms with Crippen molar-refractivity contribution in [3.63, 3.8) is 0 Å². The van der Waals surface area contributed by atoms with E-state index in [1.807, 2.05) is 0 Å². The van der Waals surface area contributed by atoms with Crippen molar-refractivity contribution in [1.29, 1.82) is 0 Å². The van der Waals surface area contributed by atoms with Crippen LogP contribution in [0.1, 0.15) is 32.6 Å². The first-order valence-corrected chi connectivity index (χ1v) is 15.0. The van der Waals surface area contributed by atoms with Crippen molar-refractivity contribution in [2.24, 2.45) is 10.9 Å². The highest BCUT2D eigenvalue weighted by molar-refractivity contribution is 7.78. The van der Waals surface area contributed by atoms with Gasteiger partial charge >= 0.3 is 0 Å². The number of fused-ring (bicyclic) bond motifs is 16. The van der Waals surface area contributed by atoms with Crippen molar-refractivity contribution < 1.29 is 14.4 Å². The molecule has 13 nitrogen and oxygen atoms in total. The standard InChI is InChI=1S/C26H50N10O3S/c1-21(37)36-26-17-30-11-8-27-14-22(15-28-9-12-31-18-26)23(16-29-10-13-32-19-26)35-25(39)5-2-4-24(38)34-7-3-6-33-20-40/h22-23,27-32H,2-19H2,1H3,(H,34,38)(H,35,39)(H,36,37)/t22-,23-,26+/m0/s1. The second kappa shape index (κ2) is 20.8. The lowest BCUT2D eigenvalue weighted by molar-refractivity contribution is -0.123. The molecule has 14 heteroatoms. The average Bonchev–Trinajstić information content (AvgIpc) is 2.92. The monoisotopic (exact) mass is 582 g/mol. The molecule has 0 aromatic carbocycles. The zero-order valence-corrected chi connectivity index (χ0v) is 24.8. The van der Waals surface area contributed by atoms with Crippen molar-refractivity contribution in [2.75, 3.05) is 91.6 Å². The highest BCUT2D eigenvalue weighted by atomic mass is 32.1. The molecule has 0 aromatic heterocycles. The molecule has 3 saturated heterocycles. The Morgan fingerprint density at radius 3 is 1.95 bits per heavy atom. The van der Waals surface area contributed by atoms with Crippen LogP contribution < -0.4 is 47.9 Å². The van der Waals surface area contributed by atoms with Crippen molar-refractivity contribution in [3.8, 4) is 0 Å². The number of amides is 3. The van der Waals surface area contributed by atoms with Crippen LogP contribution in [-0.4, -0.2) is 126 Å². The SMILES string of the molecule is CC(=O)N[C@]12CNCCNC[C@H](NC(=O)CCCC(=O)NCCCN=C=S)[C@@H](CNCCNC1)CNCCNC2. The second-order valence-corrected chi connectivity index (χ2v) is 10.8. The van der Waals surface area contributed by atoms with Gasteiger partial charge in [0.15, 0.2) is 0 Å². The predicted octanol–water partition coefficient (Wildman–Crippen LogP) is -2.69. The summed E-state index contributed by atoms with van der Waals surface area (Å²) < 4.78 is 0. The fraction of sp³-hybridized carbons (Fsp3) is 0.846. The quantitative estimate of drug-likeness (QED) is 0.0750. The van der Waals surface area contributed by atoms with E-state index in [4.69, 9.17) is 0 Å². The Morgan fingerprint density at radius 1 is 0.825 bits per heavy atom. The van der Waals surface area contributed by atoms with Gasteiger partial charge in [-0.15, -0.1) is 0 Å². The largest absolute Gasteiger partial charge is 0.356 e. The van der Waals surface area contributed by atoms with Gasteiger partial charge in [-0.1, -0.05) is 0 Å². The van der Waals surface area contributed by atoms with Crippen LogP contribution in [0.15, 0.2) is 4.99 Å². The van der Waals surface area contributed by atoms with Gasteiger partial charge in [-0.2, -0.15) is 0 Å². The van der Waals surface area contributed by atoms with Gasteiger partial charge in [0, 0.05) is 117 Å². The fourth-order valence-corrected chi connectivity index (χ4v) is 5.03. The molecule has 40 heavy (non-hydrogen) atoms. The van der Waals surface area contributed by atoms with Crippen LogP contribution in [0.3, 0.4) is 0 Å². The summed E-state index contributed by atoms with van der Waals surface area (Å²) in [5.74, 6) is 0.0242. The van der Waals surface area contributed by atoms with Crippen molar-refractivity contribution in [3.05, 3.63) is 0 Å². The van der Waals surface area contributed by atoms with Crippen LogP contribution in [0.2, 0.25) is 0 Å². The number of thiocarbonyl (C=S) groups is 1. The van der Waals surface area contributed by atoms with E-state index in [9.17, 15) is 14.4 Å². The molecule has 3 amide bonds. The molecular formula is C26H50N10O3S. The Bertz CT molecular complexity index is 796. The summed E-state index contributed by atoms with van der Waals surface area (Å²) in [6.07, 6.45) is 1.82. The molecule has 3 rings (SSSR count). The number of nitrogens with zero attached hydrogens (tertiary/aromatic N) is 1. The number of isothiocyanates is 1. The lowest BCUT2D eigenvalue weighted by Crippen LogP contribution is -2.65. The Morgan fingerprint density at radius 2 is 1.38 bits per heavy atom. The molecule has 3 aliphatic heterocycles. The van der Waals surface area contributed by atoms with Gasteiger partial charge in [0.05, 0.1) is 17.2 Å². The molecule has 3 heterocycles. The first kappa shape index (κ1) is 34.2. The summed E-state index contributed by atoms with van der Waals surface area (Å²) in [6.45, 7) is 11.2. The Balaban J connectivity index is 1.95. The van der Waals surface area contributed by atoms with Gasteiger partial charge in [-0.05, 0) is 25.1 Å². The molecule has 0 saturated carbocycles. The van der Waals surface area contributed by atoms with Crippen molar-refractivity contribution in [1.82, 2.24) is 47.9 Å². The molecule has 0 aromatic rings. The maximum absolute atomic E-state index is 12.9. The molecule has 0 aliphatic carbocycles. The molecule has 0 spiro atoms. The highest BCUT2D eigenvalue weighted by Crippen LogP contribution is 2.06. The normalized spacial score (nSPS) is 25.3. The Kier molecular flexibility index (Phi) is 17.8. The summed E-state index contributed by atoms with van der Waals surface area (Å²) >= 11 is 4.53. The van der Waals surface area contributed by atoms with E-state index < -0.39 is 5.54 Å². The second-order valence-electron chi connectivity index (χ2n) is 10.6. The lowest BCUT2D eigenvalue weighted by Gasteiger charge is -2.36. The first-order chi connectivity index (χ1) is 19.4. The lowest BCUT2D eigenvalue weighted by atomic mass is 9.98. The van der Waals surface area contributed by atoms with E-state index >= 15 is 0 Å². The van der Waals surface area contributed by atoms with Gasteiger partial charge in [0.2, 0.25) is 17.7 Å². The predicted molar refractivity (Wildman–Crippen MR) is 161 cm³/mol. The summed E-state index contributed by atoms with van der Waals surface area (Å²) in [5, 5.41) is 32.7. The van der Waals surface area contributed by atoms with Gasteiger partial charge in [-0.3, -0.25) is 14.4 Å². The number of hydrogen-bond acceptors (Lipinski definition) is 11. The van der Waals surface area contributed by atoms with Crippen LogP contribution in [0.25, 0.3) is 0 Å². The van der Waals surface area contributed by atoms with E-state index in [2.05, 4.69) is 70.2 Å². The third-order valence-electron chi connectivity index (χ3n) is 7.00. The summed E-state index contributed by atoms with van der Waals surface area (Å²) in [4.78, 5) is 40.8. The average molecular weight is 583 g/mol. The molecule has 0 unspecified atom stereocenters. The van der Waals surface area contributed by atoms with Crippen LogP contribution >= 0.6 is 12.2 Å². The molecule has 3 aliphatic rings. The van der Waals surface area contributed by atoms with Crippen LogP contribution in [-0.2, 0) is 14.4 Å². The van der Waals surface area contributed by atoms with E-state index in [0.29, 0.717) is 65.0 Å². The van der Waals surface area contributed by atoms with Crippen molar-refractivity contribution >= 4 is 35.1 Å². The summed E-state index contributed by atoms with van der Waals surface area (Å²) in [5.41, 5.74) is -0.440. The minimum absolute atomic E-state index is 0.0442. The Hall–Kier alpha value is -2.03. The number of carbonyl (C=O) groups excluding carboxylic acids is 3. The van der Waals surface area contributed by atoms with Gasteiger partial charge in [-0.25, -0.2) is 4.99 Å². The smallest absolute Gasteiger partial charge is 0.220 e. The topological polar surface area (TPSA) is 172 Å². The maximum atomic E-state index is 12.9. The molecule has 2 bridgehead atoms. The molecule has 1 atom stereocenters. The number of aliphatic imine (C=N–C) groups is 1. The molecule has 0 radical (unpaired) electrons. The van der Waals surface area contributed by atoms with E-state index in [0.717, 1.165) is 52.4 Å². The highest BCUT2D eigenvalue weighted by Gasteiger charge is 2.30. The number of nitrogens with one attached hydrogen (secondary N) is 9. The van der Waals surface area contributed by atoms with Gasteiger partial charge < -0.3 is 47.9 Å². The minimum atomic E-state index is -0.440. The van der Waals surface area contributed by atoms with Crippen LogP contribution in [0.4, 0.5) is 0 Å². The van der Waals surface area contributed by atoms with E-state index in [1.165, 1.54) is 0 Å². The minimum Gasteiger partial charge on any atom is -0.356 e. The zero-order chi connectivity index (χ0) is 28.9. The van der Waals surface area contributed by atoms with Gasteiger partial charge in [0.25, 0.3) is 0 Å². The van der Waals surface area contributed by atoms with E-state index in [1.54, 1.807) is 6.92 Å². The van der Waals surface area contributed by atoms with Crippen LogP contribution in [0.5, 0.6) is 0 Å². The number of hydrogen-bond donors (Lipinski definition) is 9. The van der Waals surface area contributed by atoms with Gasteiger partial charge in [0.1, 0.15) is 0 Å². The molecule has 9 N–H and O–H groups in total. The molecular weight excluding hydrogens is 532 g/mol. The zero-order valence-electron chi connectivity index (χ0n) is 24.0. The number of rotatable bonds is 10. The molecule has 228 valence electrons. The third-order valence-corrected chi connectivity index (χ3v) is 7.13. The Labute approximate surface area is 244 Å². The summed E-state index contributed by atoms with van der Waals surface area (Å²) in [7, 11) is 0. The molecule has 3 fully saturated rings. The van der Waals surface area contributed by atoms with E-state index in [-0.39, 0.29) is 29.7 Å². The van der Waals surface area contributed by atoms with Crippen molar-refractivity contribution in [2.45, 2.75) is 44.2 Å². The first-order valence-electron chi connectivity index (χ1n) is 14.6. The van der Waals surface area contributed by atoms with Crippen LogP contribution in [0, 0.1) is 5.92 Å².